The average Bonchev–Trinajstić information content (AvgIpc) is 2.05. The Morgan fingerprint density at radius 1 is 0.769 bits per heavy atom. The molecule has 2 nitrogen and oxygen atoms in total. The second kappa shape index (κ2) is 8.88. The zero-order valence-corrected chi connectivity index (χ0v) is 10.7. The highest BCUT2D eigenvalue weighted by Crippen LogP contribution is 2.04. The van der Waals surface area contributed by atoms with Gasteiger partial charge in [0, 0.05) is 36.3 Å². The molecule has 0 aliphatic rings. The average molecular weight is 314 g/mol. The highest BCUT2D eigenvalue weighted by atomic mass is 79.9. The molecular weight excluding hydrogens is 300 g/mol. The molecule has 0 aromatic carbocycles. The van der Waals surface area contributed by atoms with E-state index in [-0.39, 0.29) is 11.6 Å². The molecule has 0 saturated carbocycles. The van der Waals surface area contributed by atoms with Crippen LogP contribution in [0.5, 0.6) is 0 Å². The molecule has 0 aliphatic carbocycles. The van der Waals surface area contributed by atoms with Crippen molar-refractivity contribution in [3.63, 3.8) is 0 Å². The fourth-order valence-corrected chi connectivity index (χ4v) is 1.83. The van der Waals surface area contributed by atoms with Crippen molar-refractivity contribution in [2.24, 2.45) is 0 Å². The molecule has 0 N–H and O–H groups in total. The second-order valence-electron chi connectivity index (χ2n) is 2.81. The van der Waals surface area contributed by atoms with E-state index >= 15 is 0 Å². The van der Waals surface area contributed by atoms with Crippen LogP contribution in [0.25, 0.3) is 0 Å². The number of Topliss-reactive ketones (excluding diaryl/α,β-unsaturated/α-hetero) is 2. The van der Waals surface area contributed by atoms with E-state index in [4.69, 9.17) is 0 Å². The number of carbonyl (C=O) groups excluding carboxylic acids is 2. The number of ketones is 2. The van der Waals surface area contributed by atoms with Crippen molar-refractivity contribution in [2.45, 2.75) is 32.1 Å². The van der Waals surface area contributed by atoms with Gasteiger partial charge in [-0.2, -0.15) is 0 Å². The molecule has 0 saturated heterocycles. The first-order valence-electron chi connectivity index (χ1n) is 4.36. The molecule has 0 radical (unpaired) electrons. The van der Waals surface area contributed by atoms with E-state index in [2.05, 4.69) is 31.9 Å². The summed E-state index contributed by atoms with van der Waals surface area (Å²) in [6.45, 7) is 0. The lowest BCUT2D eigenvalue weighted by Crippen LogP contribution is -2.02. The molecule has 76 valence electrons. The van der Waals surface area contributed by atoms with Crippen LogP contribution in [0.3, 0.4) is 0 Å². The lowest BCUT2D eigenvalue weighted by atomic mass is 10.1. The molecule has 13 heavy (non-hydrogen) atoms. The van der Waals surface area contributed by atoms with Crippen molar-refractivity contribution in [1.82, 2.24) is 0 Å². The standard InChI is InChI=1S/C9H14Br2O2/c10-6-4-8(12)2-1-3-9(13)5-7-11/h1-7H2. The maximum atomic E-state index is 11.0. The number of hydrogen-bond acceptors (Lipinski definition) is 2. The van der Waals surface area contributed by atoms with Gasteiger partial charge in [-0.1, -0.05) is 31.9 Å². The summed E-state index contributed by atoms with van der Waals surface area (Å²) in [5.74, 6) is 0.479. The van der Waals surface area contributed by atoms with Gasteiger partial charge < -0.3 is 0 Å². The topological polar surface area (TPSA) is 34.1 Å². The van der Waals surface area contributed by atoms with Crippen LogP contribution in [0.1, 0.15) is 32.1 Å². The van der Waals surface area contributed by atoms with E-state index in [0.717, 1.165) is 10.7 Å². The maximum absolute atomic E-state index is 11.0. The summed E-state index contributed by atoms with van der Waals surface area (Å²) in [7, 11) is 0. The summed E-state index contributed by atoms with van der Waals surface area (Å²) < 4.78 is 0. The lowest BCUT2D eigenvalue weighted by molar-refractivity contribution is -0.119. The fourth-order valence-electron chi connectivity index (χ4n) is 0.944. The third-order valence-electron chi connectivity index (χ3n) is 1.66. The van der Waals surface area contributed by atoms with E-state index in [1.807, 2.05) is 0 Å². The summed E-state index contributed by atoms with van der Waals surface area (Å²) in [6, 6.07) is 0. The molecule has 4 heteroatoms. The van der Waals surface area contributed by atoms with Gasteiger partial charge in [-0.3, -0.25) is 9.59 Å². The van der Waals surface area contributed by atoms with Gasteiger partial charge in [-0.15, -0.1) is 0 Å². The maximum Gasteiger partial charge on any atom is 0.133 e. The van der Waals surface area contributed by atoms with Gasteiger partial charge in [0.1, 0.15) is 11.6 Å². The highest BCUT2D eigenvalue weighted by molar-refractivity contribution is 9.09. The van der Waals surface area contributed by atoms with Gasteiger partial charge in [0.2, 0.25) is 0 Å². The summed E-state index contributed by atoms with van der Waals surface area (Å²) in [5, 5.41) is 1.45. The quantitative estimate of drug-likeness (QED) is 0.646. The molecular formula is C9H14Br2O2. The van der Waals surface area contributed by atoms with E-state index < -0.39 is 0 Å². The van der Waals surface area contributed by atoms with Crippen LogP contribution in [0, 0.1) is 0 Å². The molecule has 0 aliphatic heterocycles. The Kier molecular flexibility index (Phi) is 9.08. The van der Waals surface area contributed by atoms with Gasteiger partial charge >= 0.3 is 0 Å². The predicted octanol–water partition coefficient (Wildman–Crippen LogP) is 2.86. The van der Waals surface area contributed by atoms with Crippen LogP contribution in [-0.4, -0.2) is 22.2 Å². The summed E-state index contributed by atoms with van der Waals surface area (Å²) in [4.78, 5) is 22.1. The molecule has 0 aromatic rings. The van der Waals surface area contributed by atoms with E-state index in [1.165, 1.54) is 0 Å². The molecule has 0 unspecified atom stereocenters. The van der Waals surface area contributed by atoms with Crippen molar-refractivity contribution in [1.29, 1.82) is 0 Å². The van der Waals surface area contributed by atoms with Crippen LogP contribution in [0.15, 0.2) is 0 Å². The predicted molar refractivity (Wildman–Crippen MR) is 60.7 cm³/mol. The largest absolute Gasteiger partial charge is 0.300 e. The molecule has 0 heterocycles. The van der Waals surface area contributed by atoms with Crippen LogP contribution in [-0.2, 0) is 9.59 Å². The van der Waals surface area contributed by atoms with Crippen LogP contribution < -0.4 is 0 Å². The Bertz CT molecular complexity index is 151. The SMILES string of the molecule is O=C(CCBr)CCCC(=O)CCBr. The monoisotopic (exact) mass is 312 g/mol. The second-order valence-corrected chi connectivity index (χ2v) is 4.39. The first-order valence-corrected chi connectivity index (χ1v) is 6.60. The van der Waals surface area contributed by atoms with Crippen molar-refractivity contribution < 1.29 is 9.59 Å². The van der Waals surface area contributed by atoms with Gasteiger partial charge in [-0.25, -0.2) is 0 Å². The minimum Gasteiger partial charge on any atom is -0.300 e. The Labute approximate surface area is 95.7 Å². The lowest BCUT2D eigenvalue weighted by Gasteiger charge is -1.98. The zero-order chi connectivity index (χ0) is 10.1. The summed E-state index contributed by atoms with van der Waals surface area (Å²) in [5.41, 5.74) is 0. The Morgan fingerprint density at radius 2 is 1.15 bits per heavy atom. The third kappa shape index (κ3) is 8.63. The molecule has 0 amide bonds. The molecule has 0 aromatic heterocycles. The van der Waals surface area contributed by atoms with Gasteiger partial charge in [-0.05, 0) is 6.42 Å². The fraction of sp³-hybridized carbons (Fsp3) is 0.778. The first kappa shape index (κ1) is 13.3. The highest BCUT2D eigenvalue weighted by Gasteiger charge is 2.04. The molecule has 0 fully saturated rings. The normalized spacial score (nSPS) is 10.0. The van der Waals surface area contributed by atoms with E-state index in [0.29, 0.717) is 32.1 Å². The number of rotatable bonds is 8. The smallest absolute Gasteiger partial charge is 0.133 e. The zero-order valence-electron chi connectivity index (χ0n) is 7.52. The summed E-state index contributed by atoms with van der Waals surface area (Å²) >= 11 is 6.40. The minimum absolute atomic E-state index is 0.239. The van der Waals surface area contributed by atoms with Crippen molar-refractivity contribution in [2.75, 3.05) is 10.7 Å². The number of hydrogen-bond donors (Lipinski definition) is 0. The van der Waals surface area contributed by atoms with E-state index in [9.17, 15) is 9.59 Å². The van der Waals surface area contributed by atoms with Crippen LogP contribution in [0.4, 0.5) is 0 Å². The van der Waals surface area contributed by atoms with Gasteiger partial charge in [0.05, 0.1) is 0 Å². The first-order chi connectivity index (χ1) is 6.20. The summed E-state index contributed by atoms with van der Waals surface area (Å²) in [6.07, 6.45) is 2.94. The van der Waals surface area contributed by atoms with Crippen molar-refractivity contribution >= 4 is 43.4 Å². The number of alkyl halides is 2. The van der Waals surface area contributed by atoms with Crippen LogP contribution >= 0.6 is 31.9 Å². The Balaban J connectivity index is 3.33. The molecule has 0 rings (SSSR count). The molecule has 0 spiro atoms. The van der Waals surface area contributed by atoms with Crippen molar-refractivity contribution in [3.05, 3.63) is 0 Å². The number of carbonyl (C=O) groups is 2. The third-order valence-corrected chi connectivity index (χ3v) is 2.45. The van der Waals surface area contributed by atoms with Crippen LogP contribution in [0.2, 0.25) is 0 Å². The molecule has 0 bridgehead atoms. The van der Waals surface area contributed by atoms with E-state index in [1.54, 1.807) is 0 Å². The Hall–Kier alpha value is 0.300. The van der Waals surface area contributed by atoms with Gasteiger partial charge in [0.25, 0.3) is 0 Å². The van der Waals surface area contributed by atoms with Crippen molar-refractivity contribution in [3.8, 4) is 0 Å². The minimum atomic E-state index is 0.239. The van der Waals surface area contributed by atoms with Gasteiger partial charge in [0.15, 0.2) is 0 Å². The Morgan fingerprint density at radius 3 is 1.46 bits per heavy atom. The number of halogens is 2. The molecule has 0 atom stereocenters.